The summed E-state index contributed by atoms with van der Waals surface area (Å²) in [6.07, 6.45) is 0. The van der Waals surface area contributed by atoms with Crippen LogP contribution in [-0.2, 0) is 19.7 Å². The summed E-state index contributed by atoms with van der Waals surface area (Å²) < 4.78 is 5.79. The van der Waals surface area contributed by atoms with Gasteiger partial charge in [0.15, 0.2) is 0 Å². The SMILES string of the molecule is Clc1cccc(COc2ccc(CNCc3cccs3)cc2)c1. The fourth-order valence-corrected chi connectivity index (χ4v) is 3.13. The van der Waals surface area contributed by atoms with Crippen molar-refractivity contribution >= 4 is 22.9 Å². The van der Waals surface area contributed by atoms with E-state index in [2.05, 4.69) is 35.0 Å². The predicted molar refractivity (Wildman–Crippen MR) is 97.1 cm³/mol. The third-order valence-electron chi connectivity index (χ3n) is 3.43. The zero-order valence-electron chi connectivity index (χ0n) is 12.7. The van der Waals surface area contributed by atoms with Gasteiger partial charge in [-0.25, -0.2) is 0 Å². The molecule has 3 rings (SSSR count). The highest BCUT2D eigenvalue weighted by Crippen LogP contribution is 2.16. The van der Waals surface area contributed by atoms with Crippen molar-refractivity contribution in [2.24, 2.45) is 0 Å². The number of rotatable bonds is 7. The molecule has 0 spiro atoms. The number of hydrogen-bond acceptors (Lipinski definition) is 3. The van der Waals surface area contributed by atoms with E-state index in [1.165, 1.54) is 10.4 Å². The zero-order chi connectivity index (χ0) is 15.9. The number of halogens is 1. The third-order valence-corrected chi connectivity index (χ3v) is 4.54. The molecule has 0 aliphatic heterocycles. The average Bonchev–Trinajstić information content (AvgIpc) is 3.08. The molecule has 23 heavy (non-hydrogen) atoms. The van der Waals surface area contributed by atoms with Crippen molar-refractivity contribution in [1.29, 1.82) is 0 Å². The molecule has 2 aromatic carbocycles. The Hall–Kier alpha value is -1.81. The number of hydrogen-bond donors (Lipinski definition) is 1. The van der Waals surface area contributed by atoms with E-state index < -0.39 is 0 Å². The Bertz CT molecular complexity index is 725. The molecule has 0 fully saturated rings. The Labute approximate surface area is 145 Å². The summed E-state index contributed by atoms with van der Waals surface area (Å²) in [5.41, 5.74) is 2.32. The van der Waals surface area contributed by atoms with Crippen LogP contribution in [0.2, 0.25) is 5.02 Å². The fraction of sp³-hybridized carbons (Fsp3) is 0.158. The molecule has 1 aromatic heterocycles. The lowest BCUT2D eigenvalue weighted by atomic mass is 10.2. The van der Waals surface area contributed by atoms with Crippen LogP contribution in [-0.4, -0.2) is 0 Å². The molecule has 0 unspecified atom stereocenters. The van der Waals surface area contributed by atoms with Gasteiger partial charge in [-0.15, -0.1) is 11.3 Å². The minimum atomic E-state index is 0.524. The standard InChI is InChI=1S/C19H18ClNOS/c20-17-4-1-3-16(11-17)14-22-18-8-6-15(7-9-18)12-21-13-19-5-2-10-23-19/h1-11,21H,12-14H2. The molecule has 3 aromatic rings. The molecule has 0 saturated heterocycles. The van der Waals surface area contributed by atoms with E-state index in [0.717, 1.165) is 29.4 Å². The first-order valence-electron chi connectivity index (χ1n) is 7.49. The second-order valence-corrected chi connectivity index (χ2v) is 6.71. The molecule has 1 N–H and O–H groups in total. The molecular formula is C19H18ClNOS. The van der Waals surface area contributed by atoms with E-state index in [1.807, 2.05) is 36.4 Å². The Morgan fingerprint density at radius 3 is 2.52 bits per heavy atom. The molecule has 0 amide bonds. The topological polar surface area (TPSA) is 21.3 Å². The monoisotopic (exact) mass is 343 g/mol. The van der Waals surface area contributed by atoms with Crippen LogP contribution in [0.3, 0.4) is 0 Å². The minimum Gasteiger partial charge on any atom is -0.489 e. The van der Waals surface area contributed by atoms with Crippen molar-refractivity contribution in [3.8, 4) is 5.75 Å². The van der Waals surface area contributed by atoms with Crippen molar-refractivity contribution in [2.75, 3.05) is 0 Å². The van der Waals surface area contributed by atoms with Crippen molar-refractivity contribution < 1.29 is 4.74 Å². The Morgan fingerprint density at radius 1 is 0.913 bits per heavy atom. The summed E-state index contributed by atoms with van der Waals surface area (Å²) in [5.74, 6) is 0.868. The molecule has 0 atom stereocenters. The first-order chi connectivity index (χ1) is 11.3. The van der Waals surface area contributed by atoms with Gasteiger partial charge in [0.25, 0.3) is 0 Å². The van der Waals surface area contributed by atoms with Gasteiger partial charge in [0.2, 0.25) is 0 Å². The van der Waals surface area contributed by atoms with E-state index in [4.69, 9.17) is 16.3 Å². The van der Waals surface area contributed by atoms with Gasteiger partial charge in [0.05, 0.1) is 0 Å². The summed E-state index contributed by atoms with van der Waals surface area (Å²) in [4.78, 5) is 1.35. The van der Waals surface area contributed by atoms with E-state index in [9.17, 15) is 0 Å². The summed E-state index contributed by atoms with van der Waals surface area (Å²) >= 11 is 7.75. The first kappa shape index (κ1) is 16.1. The molecule has 2 nitrogen and oxygen atoms in total. The number of nitrogens with one attached hydrogen (secondary N) is 1. The Balaban J connectivity index is 1.47. The van der Waals surface area contributed by atoms with Gasteiger partial charge in [0, 0.05) is 23.0 Å². The van der Waals surface area contributed by atoms with Gasteiger partial charge in [-0.05, 0) is 46.8 Å². The van der Waals surface area contributed by atoms with E-state index in [0.29, 0.717) is 6.61 Å². The second-order valence-electron chi connectivity index (χ2n) is 5.25. The van der Waals surface area contributed by atoms with Crippen molar-refractivity contribution in [1.82, 2.24) is 5.32 Å². The molecule has 118 valence electrons. The molecular weight excluding hydrogens is 326 g/mol. The molecule has 0 saturated carbocycles. The predicted octanol–water partition coefficient (Wildman–Crippen LogP) is 5.27. The van der Waals surface area contributed by atoms with Gasteiger partial charge < -0.3 is 10.1 Å². The molecule has 1 heterocycles. The van der Waals surface area contributed by atoms with Crippen LogP contribution in [0.15, 0.2) is 66.0 Å². The van der Waals surface area contributed by atoms with Crippen LogP contribution in [0.5, 0.6) is 5.75 Å². The lowest BCUT2D eigenvalue weighted by Gasteiger charge is -2.08. The third kappa shape index (κ3) is 5.10. The van der Waals surface area contributed by atoms with Crippen LogP contribution in [0.1, 0.15) is 16.0 Å². The van der Waals surface area contributed by atoms with Crippen molar-refractivity contribution in [3.63, 3.8) is 0 Å². The van der Waals surface area contributed by atoms with Crippen LogP contribution in [0.25, 0.3) is 0 Å². The zero-order valence-corrected chi connectivity index (χ0v) is 14.2. The summed E-state index contributed by atoms with van der Waals surface area (Å²) in [6, 6.07) is 20.1. The van der Waals surface area contributed by atoms with Crippen LogP contribution < -0.4 is 10.1 Å². The van der Waals surface area contributed by atoms with Crippen molar-refractivity contribution in [3.05, 3.63) is 87.1 Å². The molecule has 0 aliphatic carbocycles. The van der Waals surface area contributed by atoms with Crippen LogP contribution in [0.4, 0.5) is 0 Å². The normalized spacial score (nSPS) is 10.7. The highest BCUT2D eigenvalue weighted by Gasteiger charge is 1.99. The van der Waals surface area contributed by atoms with Gasteiger partial charge in [-0.3, -0.25) is 0 Å². The van der Waals surface area contributed by atoms with E-state index in [1.54, 1.807) is 11.3 Å². The summed E-state index contributed by atoms with van der Waals surface area (Å²) in [7, 11) is 0. The van der Waals surface area contributed by atoms with Crippen LogP contribution >= 0.6 is 22.9 Å². The van der Waals surface area contributed by atoms with Gasteiger partial charge in [-0.1, -0.05) is 41.9 Å². The molecule has 0 radical (unpaired) electrons. The highest BCUT2D eigenvalue weighted by atomic mass is 35.5. The largest absolute Gasteiger partial charge is 0.489 e. The Morgan fingerprint density at radius 2 is 1.78 bits per heavy atom. The highest BCUT2D eigenvalue weighted by molar-refractivity contribution is 7.09. The second kappa shape index (κ2) is 8.16. The summed E-state index contributed by atoms with van der Waals surface area (Å²) in [5, 5.41) is 6.28. The molecule has 4 heteroatoms. The Kier molecular flexibility index (Phi) is 5.70. The maximum Gasteiger partial charge on any atom is 0.119 e. The smallest absolute Gasteiger partial charge is 0.119 e. The first-order valence-corrected chi connectivity index (χ1v) is 8.75. The van der Waals surface area contributed by atoms with Gasteiger partial charge in [0.1, 0.15) is 12.4 Å². The molecule has 0 aliphatic rings. The van der Waals surface area contributed by atoms with Crippen molar-refractivity contribution in [2.45, 2.75) is 19.7 Å². The molecule has 0 bridgehead atoms. The number of benzene rings is 2. The van der Waals surface area contributed by atoms with E-state index >= 15 is 0 Å². The lowest BCUT2D eigenvalue weighted by Crippen LogP contribution is -2.11. The number of thiophene rings is 1. The maximum absolute atomic E-state index is 5.97. The number of ether oxygens (including phenoxy) is 1. The van der Waals surface area contributed by atoms with Crippen LogP contribution in [0, 0.1) is 0 Å². The maximum atomic E-state index is 5.97. The fourth-order valence-electron chi connectivity index (χ4n) is 2.24. The van der Waals surface area contributed by atoms with Gasteiger partial charge >= 0.3 is 0 Å². The lowest BCUT2D eigenvalue weighted by molar-refractivity contribution is 0.306. The van der Waals surface area contributed by atoms with E-state index in [-0.39, 0.29) is 0 Å². The average molecular weight is 344 g/mol. The minimum absolute atomic E-state index is 0.524. The van der Waals surface area contributed by atoms with Gasteiger partial charge in [-0.2, -0.15) is 0 Å². The summed E-state index contributed by atoms with van der Waals surface area (Å²) in [6.45, 7) is 2.29. The quantitative estimate of drug-likeness (QED) is 0.631.